The van der Waals surface area contributed by atoms with E-state index in [9.17, 15) is 9.59 Å². The Kier molecular flexibility index (Phi) is 7.61. The number of hydrogen-bond acceptors (Lipinski definition) is 6. The van der Waals surface area contributed by atoms with Crippen LogP contribution in [0.25, 0.3) is 0 Å². The Labute approximate surface area is 259 Å². The molecule has 1 aliphatic heterocycles. The molecule has 0 radical (unpaired) electrons. The number of rotatable bonds is 6. The quantitative estimate of drug-likeness (QED) is 0.255. The number of anilines is 3. The molecule has 1 aromatic heterocycles. The fourth-order valence-corrected chi connectivity index (χ4v) is 6.29. The van der Waals surface area contributed by atoms with Gasteiger partial charge in [0, 0.05) is 23.4 Å². The van der Waals surface area contributed by atoms with Crippen molar-refractivity contribution in [1.82, 2.24) is 14.8 Å². The molecular weight excluding hydrogens is 548 g/mol. The number of fused-ring (bicyclic) bond motifs is 1. The molecule has 1 amide bonds. The molecule has 0 bridgehead atoms. The minimum absolute atomic E-state index is 0.00432. The van der Waals surface area contributed by atoms with Crippen LogP contribution >= 0.6 is 0 Å². The van der Waals surface area contributed by atoms with Crippen molar-refractivity contribution in [3.63, 3.8) is 0 Å². The third-order valence-electron chi connectivity index (χ3n) is 8.46. The van der Waals surface area contributed by atoms with Gasteiger partial charge in [0.1, 0.15) is 12.7 Å². The molecule has 226 valence electrons. The maximum atomic E-state index is 14.0. The monoisotopic (exact) mass is 588 g/mol. The third-order valence-corrected chi connectivity index (χ3v) is 8.46. The molecule has 44 heavy (non-hydrogen) atoms. The molecular formula is C36H40N6O2. The van der Waals surface area contributed by atoms with Gasteiger partial charge in [-0.3, -0.25) is 9.59 Å². The Hall–Kier alpha value is -4.72. The van der Waals surface area contributed by atoms with Crippen LogP contribution in [0.5, 0.6) is 0 Å². The average Bonchev–Trinajstić information content (AvgIpc) is 3.43. The van der Waals surface area contributed by atoms with Crippen LogP contribution in [0, 0.1) is 5.41 Å². The molecule has 1 unspecified atom stereocenters. The Morgan fingerprint density at radius 1 is 1.00 bits per heavy atom. The number of amides is 1. The lowest BCUT2D eigenvalue weighted by Gasteiger charge is -2.38. The summed E-state index contributed by atoms with van der Waals surface area (Å²) in [6, 6.07) is 23.9. The third kappa shape index (κ3) is 6.16. The second kappa shape index (κ2) is 11.4. The molecule has 0 fully saturated rings. The summed E-state index contributed by atoms with van der Waals surface area (Å²) in [5, 5.41) is 10.9. The van der Waals surface area contributed by atoms with Gasteiger partial charge in [0.2, 0.25) is 5.91 Å². The molecule has 1 atom stereocenters. The van der Waals surface area contributed by atoms with Crippen LogP contribution in [0.15, 0.2) is 96.7 Å². The zero-order valence-corrected chi connectivity index (χ0v) is 26.1. The predicted molar refractivity (Wildman–Crippen MR) is 175 cm³/mol. The van der Waals surface area contributed by atoms with Gasteiger partial charge in [0.05, 0.1) is 30.5 Å². The fourth-order valence-electron chi connectivity index (χ4n) is 6.29. The summed E-state index contributed by atoms with van der Waals surface area (Å²) >= 11 is 0. The van der Waals surface area contributed by atoms with Crippen molar-refractivity contribution >= 4 is 28.8 Å². The zero-order valence-electron chi connectivity index (χ0n) is 26.1. The van der Waals surface area contributed by atoms with E-state index in [1.165, 1.54) is 11.9 Å². The van der Waals surface area contributed by atoms with Crippen molar-refractivity contribution in [3.05, 3.63) is 113 Å². The first kappa shape index (κ1) is 29.4. The molecule has 8 heteroatoms. The molecule has 0 spiro atoms. The number of aromatic nitrogens is 3. The number of nitrogens with one attached hydrogen (secondary N) is 2. The molecule has 8 nitrogen and oxygen atoms in total. The van der Waals surface area contributed by atoms with Gasteiger partial charge >= 0.3 is 0 Å². The van der Waals surface area contributed by atoms with Crippen LogP contribution in [-0.2, 0) is 21.5 Å². The molecule has 0 saturated carbocycles. The standard InChI is InChI=1S/C36H40N6O2/c1-35(2,3)26-14-12-25(13-15-26)34-33-29(18-36(4,5)19-31(33)43)40-28-8-6-7-9-30(28)42(34)21-32(44)39-27-16-10-24(11-17-27)20-41-23-37-22-38-41/h6-17,22-23,34,40H,18-21H2,1-5H3,(H,39,44). The van der Waals surface area contributed by atoms with E-state index in [2.05, 4.69) is 84.5 Å². The van der Waals surface area contributed by atoms with Gasteiger partial charge in [0.25, 0.3) is 0 Å². The van der Waals surface area contributed by atoms with E-state index in [1.807, 2.05) is 48.5 Å². The molecule has 6 rings (SSSR count). The first-order valence-corrected chi connectivity index (χ1v) is 15.2. The molecule has 4 aromatic rings. The van der Waals surface area contributed by atoms with Gasteiger partial charge in [-0.2, -0.15) is 5.10 Å². The van der Waals surface area contributed by atoms with Gasteiger partial charge in [-0.1, -0.05) is 83.1 Å². The lowest BCUT2D eigenvalue weighted by Crippen LogP contribution is -2.40. The van der Waals surface area contributed by atoms with E-state index in [1.54, 1.807) is 11.0 Å². The maximum absolute atomic E-state index is 14.0. The van der Waals surface area contributed by atoms with Crippen LogP contribution in [0.2, 0.25) is 0 Å². The Bertz CT molecular complexity index is 1700. The van der Waals surface area contributed by atoms with Gasteiger partial charge in [0.15, 0.2) is 5.78 Å². The lowest BCUT2D eigenvalue weighted by molar-refractivity contribution is -0.119. The van der Waals surface area contributed by atoms with Gasteiger partial charge < -0.3 is 15.5 Å². The SMILES string of the molecule is CC1(C)CC(=O)C2=C(C1)Nc1ccccc1N(CC(=O)Nc1ccc(Cn3cncn3)cc1)C2c1ccc(C(C)(C)C)cc1. The van der Waals surface area contributed by atoms with Crippen molar-refractivity contribution in [2.45, 2.75) is 65.5 Å². The highest BCUT2D eigenvalue weighted by atomic mass is 16.2. The van der Waals surface area contributed by atoms with Crippen molar-refractivity contribution in [1.29, 1.82) is 0 Å². The van der Waals surface area contributed by atoms with Gasteiger partial charge in [-0.05, 0) is 58.2 Å². The van der Waals surface area contributed by atoms with E-state index in [-0.39, 0.29) is 29.1 Å². The van der Waals surface area contributed by atoms with Crippen molar-refractivity contribution in [2.75, 3.05) is 22.1 Å². The van der Waals surface area contributed by atoms with E-state index in [0.29, 0.717) is 18.7 Å². The number of benzene rings is 3. The number of carbonyl (C=O) groups is 2. The van der Waals surface area contributed by atoms with Crippen LogP contribution in [-0.4, -0.2) is 33.0 Å². The van der Waals surface area contributed by atoms with E-state index in [0.717, 1.165) is 40.2 Å². The van der Waals surface area contributed by atoms with Crippen LogP contribution in [0.4, 0.5) is 17.1 Å². The summed E-state index contributed by atoms with van der Waals surface area (Å²) in [7, 11) is 0. The van der Waals surface area contributed by atoms with Gasteiger partial charge in [-0.25, -0.2) is 9.67 Å². The smallest absolute Gasteiger partial charge is 0.243 e. The highest BCUT2D eigenvalue weighted by Gasteiger charge is 2.42. The Morgan fingerprint density at radius 3 is 2.41 bits per heavy atom. The second-order valence-corrected chi connectivity index (χ2v) is 13.7. The first-order chi connectivity index (χ1) is 21.0. The highest BCUT2D eigenvalue weighted by Crippen LogP contribution is 2.48. The molecule has 2 N–H and O–H groups in total. The summed E-state index contributed by atoms with van der Waals surface area (Å²) in [5.41, 5.74) is 7.26. The lowest BCUT2D eigenvalue weighted by atomic mass is 9.73. The molecule has 2 aliphatic rings. The summed E-state index contributed by atoms with van der Waals surface area (Å²) < 4.78 is 1.75. The summed E-state index contributed by atoms with van der Waals surface area (Å²) in [6.07, 6.45) is 4.40. The number of nitrogens with zero attached hydrogens (tertiary/aromatic N) is 4. The number of hydrogen-bond donors (Lipinski definition) is 2. The van der Waals surface area contributed by atoms with E-state index < -0.39 is 6.04 Å². The first-order valence-electron chi connectivity index (χ1n) is 15.2. The maximum Gasteiger partial charge on any atom is 0.243 e. The minimum Gasteiger partial charge on any atom is -0.357 e. The number of ketones is 1. The zero-order chi connectivity index (χ0) is 31.1. The Morgan fingerprint density at radius 2 is 1.73 bits per heavy atom. The largest absolute Gasteiger partial charge is 0.357 e. The van der Waals surface area contributed by atoms with Crippen LogP contribution in [0.3, 0.4) is 0 Å². The summed E-state index contributed by atoms with van der Waals surface area (Å²) in [5.74, 6) is -0.0392. The van der Waals surface area contributed by atoms with Crippen molar-refractivity contribution in [2.24, 2.45) is 5.41 Å². The molecule has 3 aromatic carbocycles. The predicted octanol–water partition coefficient (Wildman–Crippen LogP) is 6.88. The topological polar surface area (TPSA) is 92.2 Å². The van der Waals surface area contributed by atoms with Gasteiger partial charge in [-0.15, -0.1) is 0 Å². The Balaban J connectivity index is 1.36. The number of Topliss-reactive ketones (excluding diaryl/α,β-unsaturated/α-hetero) is 1. The van der Waals surface area contributed by atoms with E-state index >= 15 is 0 Å². The second-order valence-electron chi connectivity index (χ2n) is 13.7. The molecule has 0 saturated heterocycles. The molecule has 1 aliphatic carbocycles. The summed E-state index contributed by atoms with van der Waals surface area (Å²) in [6.45, 7) is 11.5. The minimum atomic E-state index is -0.422. The highest BCUT2D eigenvalue weighted by molar-refractivity contribution is 6.02. The van der Waals surface area contributed by atoms with E-state index in [4.69, 9.17) is 0 Å². The van der Waals surface area contributed by atoms with Crippen LogP contribution in [0.1, 0.15) is 70.2 Å². The molecule has 2 heterocycles. The fraction of sp³-hybridized carbons (Fsp3) is 0.333. The van der Waals surface area contributed by atoms with Crippen molar-refractivity contribution < 1.29 is 9.59 Å². The summed E-state index contributed by atoms with van der Waals surface area (Å²) in [4.78, 5) is 33.8. The average molecular weight is 589 g/mol. The van der Waals surface area contributed by atoms with Crippen molar-refractivity contribution in [3.8, 4) is 0 Å². The normalized spacial score (nSPS) is 17.8. The number of carbonyl (C=O) groups excluding carboxylic acids is 2. The number of allylic oxidation sites excluding steroid dienone is 1. The number of para-hydroxylation sites is 2. The van der Waals surface area contributed by atoms with Crippen LogP contribution < -0.4 is 15.5 Å².